The largest absolute Gasteiger partial charge is 0.313 e. The molecular formula is C26H29BrFN. The van der Waals surface area contributed by atoms with Crippen LogP contribution >= 0.6 is 17.0 Å². The van der Waals surface area contributed by atoms with Crippen molar-refractivity contribution in [2.24, 2.45) is 0 Å². The van der Waals surface area contributed by atoms with Crippen molar-refractivity contribution >= 4 is 17.0 Å². The van der Waals surface area contributed by atoms with Crippen LogP contribution in [-0.2, 0) is 19.3 Å². The lowest BCUT2D eigenvalue weighted by atomic mass is 9.76. The van der Waals surface area contributed by atoms with Gasteiger partial charge in [0.15, 0.2) is 0 Å². The average molecular weight is 454 g/mol. The van der Waals surface area contributed by atoms with Crippen LogP contribution < -0.4 is 5.32 Å². The predicted molar refractivity (Wildman–Crippen MR) is 124 cm³/mol. The van der Waals surface area contributed by atoms with Crippen LogP contribution in [0.4, 0.5) is 4.39 Å². The molecule has 0 fully saturated rings. The number of hydrogen-bond acceptors (Lipinski definition) is 1. The molecule has 2 atom stereocenters. The lowest BCUT2D eigenvalue weighted by molar-refractivity contribution is 0.382. The molecule has 29 heavy (non-hydrogen) atoms. The van der Waals surface area contributed by atoms with Gasteiger partial charge in [-0.3, -0.25) is 0 Å². The van der Waals surface area contributed by atoms with E-state index in [4.69, 9.17) is 0 Å². The second-order valence-electron chi connectivity index (χ2n) is 7.82. The van der Waals surface area contributed by atoms with Gasteiger partial charge in [0.1, 0.15) is 5.82 Å². The van der Waals surface area contributed by atoms with Crippen LogP contribution in [0.1, 0.15) is 41.0 Å². The van der Waals surface area contributed by atoms with Crippen LogP contribution in [0.2, 0.25) is 0 Å². The minimum absolute atomic E-state index is 0. The molecule has 0 radical (unpaired) electrons. The Balaban J connectivity index is 0.00000240. The zero-order valence-corrected chi connectivity index (χ0v) is 18.4. The summed E-state index contributed by atoms with van der Waals surface area (Å²) in [4.78, 5) is 0. The Morgan fingerprint density at radius 3 is 2.34 bits per heavy atom. The van der Waals surface area contributed by atoms with Crippen molar-refractivity contribution in [3.8, 4) is 0 Å². The van der Waals surface area contributed by atoms with Gasteiger partial charge in [-0.2, -0.15) is 0 Å². The first-order valence-corrected chi connectivity index (χ1v) is 10.4. The number of nitrogens with one attached hydrogen (secondary N) is 1. The van der Waals surface area contributed by atoms with E-state index in [0.29, 0.717) is 12.0 Å². The zero-order chi connectivity index (χ0) is 19.2. The maximum atomic E-state index is 13.3. The molecule has 0 amide bonds. The van der Waals surface area contributed by atoms with Crippen molar-refractivity contribution in [2.45, 2.75) is 44.1 Å². The van der Waals surface area contributed by atoms with Crippen molar-refractivity contribution in [1.82, 2.24) is 5.32 Å². The molecule has 0 bridgehead atoms. The molecule has 3 aromatic carbocycles. The van der Waals surface area contributed by atoms with E-state index in [1.807, 2.05) is 12.1 Å². The molecule has 0 aromatic heterocycles. The summed E-state index contributed by atoms with van der Waals surface area (Å²) >= 11 is 0. The first-order valence-electron chi connectivity index (χ1n) is 10.4. The van der Waals surface area contributed by atoms with E-state index >= 15 is 0 Å². The molecular weight excluding hydrogens is 425 g/mol. The monoisotopic (exact) mass is 453 g/mol. The lowest BCUT2D eigenvalue weighted by Gasteiger charge is -2.35. The molecule has 1 aliphatic rings. The Kier molecular flexibility index (Phi) is 8.02. The molecule has 0 saturated heterocycles. The van der Waals surface area contributed by atoms with Gasteiger partial charge in [0.05, 0.1) is 0 Å². The van der Waals surface area contributed by atoms with Gasteiger partial charge >= 0.3 is 0 Å². The Hall–Kier alpha value is -1.97. The second-order valence-corrected chi connectivity index (χ2v) is 7.82. The molecule has 1 N–H and O–H groups in total. The second kappa shape index (κ2) is 10.7. The molecule has 0 heterocycles. The minimum atomic E-state index is -0.164. The molecule has 1 nitrogen and oxygen atoms in total. The van der Waals surface area contributed by atoms with Crippen LogP contribution in [0, 0.1) is 5.82 Å². The Morgan fingerprint density at radius 1 is 0.828 bits per heavy atom. The van der Waals surface area contributed by atoms with Gasteiger partial charge in [0.2, 0.25) is 0 Å². The first kappa shape index (κ1) is 21.7. The highest BCUT2D eigenvalue weighted by Crippen LogP contribution is 2.34. The quantitative estimate of drug-likeness (QED) is 0.415. The van der Waals surface area contributed by atoms with Crippen molar-refractivity contribution in [1.29, 1.82) is 0 Å². The molecule has 0 unspecified atom stereocenters. The summed E-state index contributed by atoms with van der Waals surface area (Å²) in [5, 5.41) is 3.84. The third-order valence-electron chi connectivity index (χ3n) is 5.93. The van der Waals surface area contributed by atoms with E-state index in [0.717, 1.165) is 38.6 Å². The number of aryl methyl sites for hydroxylation is 2. The van der Waals surface area contributed by atoms with E-state index in [1.54, 1.807) is 12.1 Å². The van der Waals surface area contributed by atoms with Crippen LogP contribution in [0.25, 0.3) is 0 Å². The van der Waals surface area contributed by atoms with Crippen molar-refractivity contribution < 1.29 is 4.39 Å². The normalized spacial score (nSPS) is 18.0. The highest BCUT2D eigenvalue weighted by Gasteiger charge is 2.29. The molecule has 4 rings (SSSR count). The van der Waals surface area contributed by atoms with Gasteiger partial charge in [-0.1, -0.05) is 66.7 Å². The maximum absolute atomic E-state index is 13.3. The standard InChI is InChI=1S/C26H28FN.BrH/c27-23-15-12-21(13-16-23)19-25-24-11-5-4-10-22(24)14-17-26(25)28-18-6-9-20-7-2-1-3-8-20;/h1-5,7-8,10-13,15-16,25-26,28H,6,9,14,17-19H2;1H/t25-,26+;/m0./s1. The molecule has 152 valence electrons. The third-order valence-corrected chi connectivity index (χ3v) is 5.93. The van der Waals surface area contributed by atoms with Crippen molar-refractivity contribution in [3.05, 3.63) is 107 Å². The lowest BCUT2D eigenvalue weighted by Crippen LogP contribution is -2.40. The van der Waals surface area contributed by atoms with Crippen molar-refractivity contribution in [2.75, 3.05) is 6.54 Å². The van der Waals surface area contributed by atoms with Crippen LogP contribution in [0.5, 0.6) is 0 Å². The first-order chi connectivity index (χ1) is 13.8. The predicted octanol–water partition coefficient (Wildman–Crippen LogP) is 6.27. The van der Waals surface area contributed by atoms with Gasteiger partial charge in [0, 0.05) is 12.0 Å². The fourth-order valence-corrected chi connectivity index (χ4v) is 4.45. The summed E-state index contributed by atoms with van der Waals surface area (Å²) in [5.74, 6) is 0.274. The summed E-state index contributed by atoms with van der Waals surface area (Å²) in [6, 6.07) is 27.0. The highest BCUT2D eigenvalue weighted by atomic mass is 79.9. The molecule has 3 aromatic rings. The summed E-state index contributed by atoms with van der Waals surface area (Å²) in [5.41, 5.74) is 5.54. The number of fused-ring (bicyclic) bond motifs is 1. The van der Waals surface area contributed by atoms with Crippen LogP contribution in [0.15, 0.2) is 78.9 Å². The molecule has 0 saturated carbocycles. The summed E-state index contributed by atoms with van der Waals surface area (Å²) < 4.78 is 13.3. The summed E-state index contributed by atoms with van der Waals surface area (Å²) in [7, 11) is 0. The molecule has 0 aliphatic heterocycles. The number of hydrogen-bond donors (Lipinski definition) is 1. The number of rotatable bonds is 7. The number of benzene rings is 3. The van der Waals surface area contributed by atoms with Gasteiger partial charge in [-0.05, 0) is 73.0 Å². The van der Waals surface area contributed by atoms with Crippen LogP contribution in [0.3, 0.4) is 0 Å². The van der Waals surface area contributed by atoms with E-state index in [-0.39, 0.29) is 22.8 Å². The Morgan fingerprint density at radius 2 is 1.55 bits per heavy atom. The smallest absolute Gasteiger partial charge is 0.123 e. The van der Waals surface area contributed by atoms with Gasteiger partial charge in [-0.25, -0.2) is 4.39 Å². The van der Waals surface area contributed by atoms with Gasteiger partial charge < -0.3 is 5.32 Å². The Bertz CT molecular complexity index is 879. The van der Waals surface area contributed by atoms with E-state index in [1.165, 1.54) is 22.3 Å². The maximum Gasteiger partial charge on any atom is 0.123 e. The fourth-order valence-electron chi connectivity index (χ4n) is 4.45. The average Bonchev–Trinajstić information content (AvgIpc) is 2.74. The van der Waals surface area contributed by atoms with E-state index in [9.17, 15) is 4.39 Å². The summed E-state index contributed by atoms with van der Waals surface area (Å²) in [6.45, 7) is 1.03. The van der Waals surface area contributed by atoms with E-state index in [2.05, 4.69) is 59.9 Å². The van der Waals surface area contributed by atoms with Crippen molar-refractivity contribution in [3.63, 3.8) is 0 Å². The molecule has 1 aliphatic carbocycles. The fraction of sp³-hybridized carbons (Fsp3) is 0.308. The van der Waals surface area contributed by atoms with Gasteiger partial charge in [-0.15, -0.1) is 17.0 Å². The molecule has 3 heteroatoms. The van der Waals surface area contributed by atoms with Crippen LogP contribution in [-0.4, -0.2) is 12.6 Å². The highest BCUT2D eigenvalue weighted by molar-refractivity contribution is 8.93. The summed E-state index contributed by atoms with van der Waals surface area (Å²) in [6.07, 6.45) is 5.50. The molecule has 0 spiro atoms. The topological polar surface area (TPSA) is 12.0 Å². The number of halogens is 2. The zero-order valence-electron chi connectivity index (χ0n) is 16.7. The SMILES string of the molecule is Br.Fc1ccc(C[C@H]2c3ccccc3CC[C@H]2NCCCc2ccccc2)cc1. The minimum Gasteiger partial charge on any atom is -0.313 e. The Labute approximate surface area is 184 Å². The third kappa shape index (κ3) is 5.77. The van der Waals surface area contributed by atoms with E-state index < -0.39 is 0 Å². The van der Waals surface area contributed by atoms with Gasteiger partial charge in [0.25, 0.3) is 0 Å².